The fourth-order valence-electron chi connectivity index (χ4n) is 5.92. The van der Waals surface area contributed by atoms with Gasteiger partial charge in [0, 0.05) is 33.8 Å². The van der Waals surface area contributed by atoms with E-state index in [0.717, 1.165) is 28.5 Å². The summed E-state index contributed by atoms with van der Waals surface area (Å²) < 4.78 is 49.7. The first-order valence-electron chi connectivity index (χ1n) is 14.3. The Balaban J connectivity index is 1.80. The summed E-state index contributed by atoms with van der Waals surface area (Å²) in [7, 11) is 0. The van der Waals surface area contributed by atoms with E-state index in [1.54, 1.807) is 6.07 Å². The van der Waals surface area contributed by atoms with E-state index in [4.69, 9.17) is 14.2 Å². The van der Waals surface area contributed by atoms with Crippen LogP contribution in [0.1, 0.15) is 68.0 Å². The standard InChI is InChI=1S/C34H37F2NO5/c1-7-40-30-21(10-8-12-25(30)35)18-37-14-13-23-27(37)16-19(2)28(32(33(38)39)42-34(4,5)6)29(23)24-17-26(36)31-22(20(24)3)11-9-15-41-31/h8,10,12-14,16-17,32H,7,9,11,15,18H2,1-6H3,(H,38,39)/t32-/m0/s1. The number of carboxylic acids is 1. The molecule has 6 nitrogen and oxygen atoms in total. The lowest BCUT2D eigenvalue weighted by Gasteiger charge is -2.29. The molecule has 0 bridgehead atoms. The number of aliphatic carboxylic acids is 1. The van der Waals surface area contributed by atoms with Gasteiger partial charge in [-0.25, -0.2) is 13.6 Å². The normalized spacial score (nSPS) is 14.0. The summed E-state index contributed by atoms with van der Waals surface area (Å²) in [6, 6.07) is 10.1. The number of carboxylic acid groups (broad SMARTS) is 1. The first-order valence-corrected chi connectivity index (χ1v) is 14.3. The van der Waals surface area contributed by atoms with Gasteiger partial charge < -0.3 is 23.9 Å². The lowest BCUT2D eigenvalue weighted by Crippen LogP contribution is -2.28. The Morgan fingerprint density at radius 2 is 1.90 bits per heavy atom. The number of aromatic nitrogens is 1. The molecule has 2 heterocycles. The molecule has 0 radical (unpaired) electrons. The topological polar surface area (TPSA) is 69.9 Å². The number of fused-ring (bicyclic) bond motifs is 2. The highest BCUT2D eigenvalue weighted by Gasteiger charge is 2.33. The zero-order chi connectivity index (χ0) is 30.3. The Hall–Kier alpha value is -3.91. The molecule has 0 amide bonds. The lowest BCUT2D eigenvalue weighted by atomic mass is 9.85. The second-order valence-corrected chi connectivity index (χ2v) is 11.8. The van der Waals surface area contributed by atoms with Crippen LogP contribution in [0, 0.1) is 25.5 Å². The molecule has 1 N–H and O–H groups in total. The summed E-state index contributed by atoms with van der Waals surface area (Å²) in [5, 5.41) is 11.2. The van der Waals surface area contributed by atoms with E-state index in [-0.39, 0.29) is 11.5 Å². The van der Waals surface area contributed by atoms with Gasteiger partial charge in [0.1, 0.15) is 0 Å². The number of nitrogens with zero attached hydrogens (tertiary/aromatic N) is 1. The Morgan fingerprint density at radius 3 is 2.60 bits per heavy atom. The summed E-state index contributed by atoms with van der Waals surface area (Å²) in [6.45, 7) is 12.1. The Labute approximate surface area is 244 Å². The predicted molar refractivity (Wildman–Crippen MR) is 159 cm³/mol. The first-order chi connectivity index (χ1) is 19.9. The van der Waals surface area contributed by atoms with Gasteiger partial charge in [-0.3, -0.25) is 0 Å². The van der Waals surface area contributed by atoms with Crippen molar-refractivity contribution in [3.63, 3.8) is 0 Å². The molecule has 4 aromatic rings. The van der Waals surface area contributed by atoms with Crippen molar-refractivity contribution < 1.29 is 32.9 Å². The van der Waals surface area contributed by atoms with Crippen molar-refractivity contribution >= 4 is 16.9 Å². The van der Waals surface area contributed by atoms with E-state index in [9.17, 15) is 14.3 Å². The van der Waals surface area contributed by atoms with Crippen LogP contribution in [-0.2, 0) is 22.5 Å². The van der Waals surface area contributed by atoms with Gasteiger partial charge in [-0.2, -0.15) is 0 Å². The Kier molecular flexibility index (Phi) is 8.03. The quantitative estimate of drug-likeness (QED) is 0.230. The summed E-state index contributed by atoms with van der Waals surface area (Å²) in [5.41, 5.74) is 4.71. The lowest BCUT2D eigenvalue weighted by molar-refractivity contribution is -0.160. The van der Waals surface area contributed by atoms with E-state index in [1.165, 1.54) is 12.1 Å². The number of para-hydroxylation sites is 1. The molecule has 1 aliphatic rings. The minimum Gasteiger partial charge on any atom is -0.490 e. The molecular formula is C34H37F2NO5. The fraction of sp³-hybridized carbons (Fsp3) is 0.382. The molecule has 0 spiro atoms. The smallest absolute Gasteiger partial charge is 0.337 e. The molecule has 0 saturated heterocycles. The number of aryl methyl sites for hydroxylation is 1. The van der Waals surface area contributed by atoms with Gasteiger partial charge in [0.2, 0.25) is 0 Å². The van der Waals surface area contributed by atoms with Crippen molar-refractivity contribution in [3.8, 4) is 22.6 Å². The molecule has 0 fully saturated rings. The SMILES string of the molecule is CCOc1c(F)cccc1Cn1ccc2c(-c3cc(F)c4c(c3C)CCCO4)c([C@H](OC(C)(C)C)C(=O)O)c(C)cc21. The zero-order valence-electron chi connectivity index (χ0n) is 24.9. The molecule has 0 saturated carbocycles. The van der Waals surface area contributed by atoms with E-state index in [0.29, 0.717) is 54.0 Å². The predicted octanol–water partition coefficient (Wildman–Crippen LogP) is 7.92. The molecule has 1 atom stereocenters. The van der Waals surface area contributed by atoms with Gasteiger partial charge in [0.15, 0.2) is 29.2 Å². The number of ether oxygens (including phenoxy) is 3. The second-order valence-electron chi connectivity index (χ2n) is 11.8. The molecule has 0 aliphatic carbocycles. The van der Waals surface area contributed by atoms with Gasteiger partial charge in [-0.1, -0.05) is 12.1 Å². The average molecular weight is 578 g/mol. The maximum atomic E-state index is 15.6. The van der Waals surface area contributed by atoms with Crippen LogP contribution in [0.2, 0.25) is 0 Å². The molecule has 1 aromatic heterocycles. The van der Waals surface area contributed by atoms with Crippen molar-refractivity contribution in [1.82, 2.24) is 4.57 Å². The van der Waals surface area contributed by atoms with Gasteiger partial charge in [0.25, 0.3) is 0 Å². The number of hydrogen-bond donors (Lipinski definition) is 1. The third kappa shape index (κ3) is 5.48. The summed E-state index contributed by atoms with van der Waals surface area (Å²) in [4.78, 5) is 12.7. The van der Waals surface area contributed by atoms with E-state index < -0.39 is 29.3 Å². The zero-order valence-corrected chi connectivity index (χ0v) is 24.9. The highest BCUT2D eigenvalue weighted by molar-refractivity contribution is 6.01. The Bertz CT molecular complexity index is 1670. The van der Waals surface area contributed by atoms with Crippen molar-refractivity contribution in [2.45, 2.75) is 72.6 Å². The van der Waals surface area contributed by atoms with Crippen LogP contribution in [0.3, 0.4) is 0 Å². The average Bonchev–Trinajstić information content (AvgIpc) is 3.32. The number of hydrogen-bond acceptors (Lipinski definition) is 4. The third-order valence-corrected chi connectivity index (χ3v) is 7.66. The number of halogens is 2. The summed E-state index contributed by atoms with van der Waals surface area (Å²) in [5.74, 6) is -1.58. The van der Waals surface area contributed by atoms with E-state index >= 15 is 4.39 Å². The Morgan fingerprint density at radius 1 is 1.14 bits per heavy atom. The largest absolute Gasteiger partial charge is 0.490 e. The molecular weight excluding hydrogens is 540 g/mol. The van der Waals surface area contributed by atoms with Gasteiger partial charge in [-0.05, 0) is 101 Å². The van der Waals surface area contributed by atoms with Crippen LogP contribution in [0.15, 0.2) is 42.6 Å². The fourth-order valence-corrected chi connectivity index (χ4v) is 5.92. The van der Waals surface area contributed by atoms with Crippen molar-refractivity contribution in [2.24, 2.45) is 0 Å². The minimum absolute atomic E-state index is 0.201. The van der Waals surface area contributed by atoms with E-state index in [1.807, 2.05) is 70.5 Å². The van der Waals surface area contributed by atoms with E-state index in [2.05, 4.69) is 0 Å². The van der Waals surface area contributed by atoms with Crippen LogP contribution in [0.4, 0.5) is 8.78 Å². The number of benzene rings is 3. The molecule has 42 heavy (non-hydrogen) atoms. The molecule has 5 rings (SSSR count). The maximum Gasteiger partial charge on any atom is 0.337 e. The molecule has 1 aliphatic heterocycles. The van der Waals surface area contributed by atoms with Gasteiger partial charge in [0.05, 0.1) is 25.4 Å². The van der Waals surface area contributed by atoms with Crippen molar-refractivity contribution in [2.75, 3.05) is 13.2 Å². The van der Waals surface area contributed by atoms with Crippen LogP contribution >= 0.6 is 0 Å². The second kappa shape index (κ2) is 11.4. The minimum atomic E-state index is -1.30. The number of rotatable bonds is 8. The summed E-state index contributed by atoms with van der Waals surface area (Å²) in [6.07, 6.45) is 2.02. The molecule has 222 valence electrons. The van der Waals surface area contributed by atoms with Crippen LogP contribution in [0.25, 0.3) is 22.0 Å². The molecule has 3 aromatic carbocycles. The van der Waals surface area contributed by atoms with Crippen LogP contribution < -0.4 is 9.47 Å². The highest BCUT2D eigenvalue weighted by atomic mass is 19.1. The van der Waals surface area contributed by atoms with Crippen LogP contribution in [-0.4, -0.2) is 34.5 Å². The maximum absolute atomic E-state index is 15.6. The van der Waals surface area contributed by atoms with Crippen molar-refractivity contribution in [1.29, 1.82) is 0 Å². The monoisotopic (exact) mass is 577 g/mol. The molecule has 0 unspecified atom stereocenters. The van der Waals surface area contributed by atoms with Crippen LogP contribution in [0.5, 0.6) is 11.5 Å². The number of carbonyl (C=O) groups is 1. The van der Waals surface area contributed by atoms with Gasteiger partial charge >= 0.3 is 5.97 Å². The first kappa shape index (κ1) is 29.6. The third-order valence-electron chi connectivity index (χ3n) is 7.66. The summed E-state index contributed by atoms with van der Waals surface area (Å²) >= 11 is 0. The highest BCUT2D eigenvalue weighted by Crippen LogP contribution is 2.45. The van der Waals surface area contributed by atoms with Crippen molar-refractivity contribution in [3.05, 3.63) is 82.0 Å². The van der Waals surface area contributed by atoms with Gasteiger partial charge in [-0.15, -0.1) is 0 Å². The molecule has 8 heteroatoms.